The number of likely N-dealkylation sites (tertiary alicyclic amines) is 2. The SMILES string of the molecule is O=C(O)N[C@@H]1CCN(C(=O)N2CC[C@@H](Cn3ccc(-c4ccccc4)cc3=O)C3(CCCC3)C2)[C@H](c2ccccc2)C1. The first kappa shape index (κ1) is 28.1. The summed E-state index contributed by atoms with van der Waals surface area (Å²) in [5, 5.41) is 12.0. The number of rotatable bonds is 5. The van der Waals surface area contributed by atoms with E-state index in [-0.39, 0.29) is 29.1 Å². The fourth-order valence-electron chi connectivity index (χ4n) is 7.68. The number of carbonyl (C=O) groups excluding carboxylic acids is 1. The van der Waals surface area contributed by atoms with Crippen molar-refractivity contribution in [2.24, 2.45) is 11.3 Å². The quantitative estimate of drug-likeness (QED) is 0.395. The molecule has 2 saturated heterocycles. The lowest BCUT2D eigenvalue weighted by Gasteiger charge is -2.49. The van der Waals surface area contributed by atoms with Gasteiger partial charge in [0, 0.05) is 44.5 Å². The fraction of sp³-hybridized carbons (Fsp3) is 0.441. The van der Waals surface area contributed by atoms with E-state index in [1.54, 1.807) is 6.07 Å². The predicted octanol–water partition coefficient (Wildman–Crippen LogP) is 5.99. The third kappa shape index (κ3) is 5.80. The number of benzene rings is 2. The normalized spacial score (nSPS) is 23.6. The van der Waals surface area contributed by atoms with E-state index >= 15 is 0 Å². The highest BCUT2D eigenvalue weighted by Crippen LogP contribution is 2.49. The maximum atomic E-state index is 14.2. The van der Waals surface area contributed by atoms with Crippen LogP contribution >= 0.6 is 0 Å². The van der Waals surface area contributed by atoms with Gasteiger partial charge < -0.3 is 24.8 Å². The van der Waals surface area contributed by atoms with Crippen LogP contribution in [0.2, 0.25) is 0 Å². The predicted molar refractivity (Wildman–Crippen MR) is 162 cm³/mol. The van der Waals surface area contributed by atoms with Crippen LogP contribution in [0.4, 0.5) is 9.59 Å². The van der Waals surface area contributed by atoms with Crippen LogP contribution < -0.4 is 10.9 Å². The molecule has 1 aliphatic carbocycles. The Morgan fingerprint density at radius 3 is 2.31 bits per heavy atom. The lowest BCUT2D eigenvalue weighted by molar-refractivity contribution is 0.0208. The van der Waals surface area contributed by atoms with Crippen LogP contribution in [0, 0.1) is 11.3 Å². The molecule has 1 saturated carbocycles. The summed E-state index contributed by atoms with van der Waals surface area (Å²) in [7, 11) is 0. The van der Waals surface area contributed by atoms with Crippen LogP contribution in [0.5, 0.6) is 0 Å². The summed E-state index contributed by atoms with van der Waals surface area (Å²) in [4.78, 5) is 42.7. The molecule has 0 bridgehead atoms. The van der Waals surface area contributed by atoms with Gasteiger partial charge in [-0.15, -0.1) is 0 Å². The van der Waals surface area contributed by atoms with Crippen molar-refractivity contribution in [2.75, 3.05) is 19.6 Å². The number of piperidine rings is 2. The molecule has 0 radical (unpaired) electrons. The zero-order valence-corrected chi connectivity index (χ0v) is 24.0. The molecule has 2 aliphatic heterocycles. The molecular weight excluding hydrogens is 528 g/mol. The minimum Gasteiger partial charge on any atom is -0.465 e. The summed E-state index contributed by atoms with van der Waals surface area (Å²) in [5.41, 5.74) is 3.04. The van der Waals surface area contributed by atoms with E-state index in [0.717, 1.165) is 48.8 Å². The van der Waals surface area contributed by atoms with Gasteiger partial charge in [0.15, 0.2) is 0 Å². The smallest absolute Gasteiger partial charge is 0.404 e. The molecule has 1 aromatic heterocycles. The van der Waals surface area contributed by atoms with Gasteiger partial charge in [-0.1, -0.05) is 73.5 Å². The number of hydrogen-bond acceptors (Lipinski definition) is 3. The number of nitrogens with one attached hydrogen (secondary N) is 1. The van der Waals surface area contributed by atoms with Crippen LogP contribution in [0.25, 0.3) is 11.1 Å². The van der Waals surface area contributed by atoms with E-state index in [1.165, 1.54) is 0 Å². The number of nitrogens with zero attached hydrogens (tertiary/aromatic N) is 3. The number of hydrogen-bond donors (Lipinski definition) is 2. The van der Waals surface area contributed by atoms with Crippen molar-refractivity contribution in [3.8, 4) is 11.1 Å². The van der Waals surface area contributed by atoms with Crippen molar-refractivity contribution in [3.63, 3.8) is 0 Å². The molecule has 8 heteroatoms. The second kappa shape index (κ2) is 12.0. The molecule has 2 aromatic carbocycles. The van der Waals surface area contributed by atoms with Gasteiger partial charge in [-0.3, -0.25) is 4.79 Å². The number of carbonyl (C=O) groups is 2. The number of carboxylic acid groups (broad SMARTS) is 1. The third-order valence-electron chi connectivity index (χ3n) is 9.87. The summed E-state index contributed by atoms with van der Waals surface area (Å²) < 4.78 is 1.86. The number of aromatic nitrogens is 1. The highest BCUT2D eigenvalue weighted by Gasteiger charge is 2.47. The minimum atomic E-state index is -1.02. The van der Waals surface area contributed by atoms with Crippen molar-refractivity contribution in [3.05, 3.63) is 94.9 Å². The molecule has 42 heavy (non-hydrogen) atoms. The Balaban J connectivity index is 1.19. The van der Waals surface area contributed by atoms with E-state index in [4.69, 9.17) is 0 Å². The first-order valence-electron chi connectivity index (χ1n) is 15.3. The van der Waals surface area contributed by atoms with Crippen LogP contribution in [-0.2, 0) is 6.54 Å². The van der Waals surface area contributed by atoms with E-state index < -0.39 is 6.09 Å². The summed E-state index contributed by atoms with van der Waals surface area (Å²) >= 11 is 0. The molecule has 220 valence electrons. The summed E-state index contributed by atoms with van der Waals surface area (Å²) in [6, 6.07) is 23.4. The number of urea groups is 1. The fourth-order valence-corrected chi connectivity index (χ4v) is 7.68. The van der Waals surface area contributed by atoms with E-state index in [9.17, 15) is 19.5 Å². The Morgan fingerprint density at radius 2 is 1.62 bits per heavy atom. The standard InChI is InChI=1S/C34H40N4O4/c39-31-21-27(25-9-3-1-4-10-25)13-18-36(31)23-28-14-19-37(24-34(28)16-7-8-17-34)33(42)38-20-15-29(35-32(40)41)22-30(38)26-11-5-2-6-12-26/h1-6,9-13,18,21,28-30,35H,7-8,14-17,19-20,22-24H2,(H,40,41)/t28-,29+,30-/m0/s1. The van der Waals surface area contributed by atoms with Crippen molar-refractivity contribution >= 4 is 12.1 Å². The molecule has 3 fully saturated rings. The Kier molecular flexibility index (Phi) is 8.05. The van der Waals surface area contributed by atoms with Gasteiger partial charge in [-0.2, -0.15) is 0 Å². The Morgan fingerprint density at radius 1 is 0.905 bits per heavy atom. The largest absolute Gasteiger partial charge is 0.465 e. The van der Waals surface area contributed by atoms with Gasteiger partial charge in [0.25, 0.3) is 5.56 Å². The van der Waals surface area contributed by atoms with Gasteiger partial charge in [0.05, 0.1) is 6.04 Å². The summed E-state index contributed by atoms with van der Waals surface area (Å²) in [5.74, 6) is 0.333. The number of pyridine rings is 1. The van der Waals surface area contributed by atoms with Crippen LogP contribution in [0.3, 0.4) is 0 Å². The summed E-state index contributed by atoms with van der Waals surface area (Å²) in [6.45, 7) is 2.56. The lowest BCUT2D eigenvalue weighted by atomic mass is 9.69. The highest BCUT2D eigenvalue weighted by atomic mass is 16.4. The molecule has 8 nitrogen and oxygen atoms in total. The van der Waals surface area contributed by atoms with Crippen molar-refractivity contribution in [1.29, 1.82) is 0 Å². The van der Waals surface area contributed by atoms with E-state index in [1.807, 2.05) is 87.3 Å². The van der Waals surface area contributed by atoms with Crippen molar-refractivity contribution < 1.29 is 14.7 Å². The average molecular weight is 569 g/mol. The molecule has 3 atom stereocenters. The lowest BCUT2D eigenvalue weighted by Crippen LogP contribution is -2.57. The molecule has 3 amide bonds. The molecule has 3 aliphatic rings. The molecular formula is C34H40N4O4. The van der Waals surface area contributed by atoms with Gasteiger partial charge in [0.1, 0.15) is 0 Å². The molecule has 0 unspecified atom stereocenters. The van der Waals surface area contributed by atoms with E-state index in [2.05, 4.69) is 5.32 Å². The van der Waals surface area contributed by atoms with Crippen LogP contribution in [-0.4, -0.2) is 57.3 Å². The molecule has 6 rings (SSSR count). The molecule has 1 spiro atoms. The highest BCUT2D eigenvalue weighted by molar-refractivity contribution is 5.75. The zero-order chi connectivity index (χ0) is 29.1. The van der Waals surface area contributed by atoms with Crippen molar-refractivity contribution in [1.82, 2.24) is 19.7 Å². The molecule has 2 N–H and O–H groups in total. The maximum Gasteiger partial charge on any atom is 0.404 e. The van der Waals surface area contributed by atoms with E-state index in [0.29, 0.717) is 44.9 Å². The Bertz CT molecular complexity index is 1450. The van der Waals surface area contributed by atoms with Crippen LogP contribution in [0.15, 0.2) is 83.8 Å². The zero-order valence-electron chi connectivity index (χ0n) is 24.0. The van der Waals surface area contributed by atoms with Gasteiger partial charge in [-0.25, -0.2) is 9.59 Å². The van der Waals surface area contributed by atoms with Crippen LogP contribution in [0.1, 0.15) is 56.6 Å². The second-order valence-electron chi connectivity index (χ2n) is 12.3. The minimum absolute atomic E-state index is 0.0108. The second-order valence-corrected chi connectivity index (χ2v) is 12.3. The monoisotopic (exact) mass is 568 g/mol. The molecule has 3 aromatic rings. The Hall–Kier alpha value is -4.07. The maximum absolute atomic E-state index is 14.2. The first-order chi connectivity index (χ1) is 20.4. The van der Waals surface area contributed by atoms with Gasteiger partial charge >= 0.3 is 12.1 Å². The third-order valence-corrected chi connectivity index (χ3v) is 9.87. The topological polar surface area (TPSA) is 94.9 Å². The van der Waals surface area contributed by atoms with Gasteiger partial charge in [-0.05, 0) is 66.2 Å². The Labute approximate surface area is 247 Å². The summed E-state index contributed by atoms with van der Waals surface area (Å²) in [6.07, 6.45) is 7.40. The van der Waals surface area contributed by atoms with Crippen molar-refractivity contribution in [2.45, 2.75) is 63.6 Å². The average Bonchev–Trinajstić information content (AvgIpc) is 3.48. The van der Waals surface area contributed by atoms with Gasteiger partial charge in [0.2, 0.25) is 0 Å². The first-order valence-corrected chi connectivity index (χ1v) is 15.3. The molecule has 3 heterocycles. The number of amides is 3.